The number of carbonyl (C=O) groups is 2. The summed E-state index contributed by atoms with van der Waals surface area (Å²) in [6, 6.07) is 11.8. The molecule has 1 aromatic heterocycles. The second-order valence-electron chi connectivity index (χ2n) is 8.99. The Morgan fingerprint density at radius 1 is 0.941 bits per heavy atom. The Labute approximate surface area is 199 Å². The van der Waals surface area contributed by atoms with Crippen LogP contribution < -0.4 is 4.74 Å². The summed E-state index contributed by atoms with van der Waals surface area (Å²) in [5.74, 6) is 0.364. The van der Waals surface area contributed by atoms with Crippen LogP contribution in [0.5, 0.6) is 5.75 Å². The zero-order valence-electron chi connectivity index (χ0n) is 19.8. The highest BCUT2D eigenvalue weighted by atomic mass is 16.5. The van der Waals surface area contributed by atoms with Gasteiger partial charge < -0.3 is 18.8 Å². The van der Waals surface area contributed by atoms with Crippen LogP contribution in [0.2, 0.25) is 0 Å². The van der Waals surface area contributed by atoms with Crippen LogP contribution in [0.25, 0.3) is 28.2 Å². The van der Waals surface area contributed by atoms with Crippen LogP contribution in [0.4, 0.5) is 0 Å². The van der Waals surface area contributed by atoms with E-state index < -0.39 is 0 Å². The maximum absolute atomic E-state index is 12.8. The Morgan fingerprint density at radius 2 is 1.71 bits per heavy atom. The molecule has 6 heteroatoms. The first-order valence-electron chi connectivity index (χ1n) is 11.8. The van der Waals surface area contributed by atoms with Crippen molar-refractivity contribution in [1.82, 2.24) is 4.57 Å². The van der Waals surface area contributed by atoms with Crippen LogP contribution in [0.15, 0.2) is 42.0 Å². The van der Waals surface area contributed by atoms with Crippen LogP contribution in [-0.4, -0.2) is 37.8 Å². The summed E-state index contributed by atoms with van der Waals surface area (Å²) in [7, 11) is 4.43. The third-order valence-electron chi connectivity index (χ3n) is 7.17. The average molecular weight is 460 g/mol. The Hall–Kier alpha value is -3.54. The predicted molar refractivity (Wildman–Crippen MR) is 131 cm³/mol. The first kappa shape index (κ1) is 22.3. The van der Waals surface area contributed by atoms with Crippen LogP contribution >= 0.6 is 0 Å². The smallest absolute Gasteiger partial charge is 0.337 e. The second-order valence-corrected chi connectivity index (χ2v) is 8.99. The van der Waals surface area contributed by atoms with Crippen molar-refractivity contribution in [2.45, 2.75) is 44.6 Å². The molecule has 6 nitrogen and oxygen atoms in total. The topological polar surface area (TPSA) is 66.8 Å². The van der Waals surface area contributed by atoms with Gasteiger partial charge in [-0.15, -0.1) is 0 Å². The van der Waals surface area contributed by atoms with Crippen molar-refractivity contribution in [2.75, 3.05) is 21.3 Å². The van der Waals surface area contributed by atoms with E-state index in [1.165, 1.54) is 39.0 Å². The molecule has 0 amide bonds. The normalized spacial score (nSPS) is 15.7. The van der Waals surface area contributed by atoms with Gasteiger partial charge in [0, 0.05) is 22.0 Å². The molecule has 2 aliphatic rings. The van der Waals surface area contributed by atoms with Crippen molar-refractivity contribution >= 4 is 28.9 Å². The zero-order chi connectivity index (χ0) is 23.8. The number of nitrogens with zero attached hydrogens (tertiary/aromatic N) is 1. The van der Waals surface area contributed by atoms with Gasteiger partial charge in [0.2, 0.25) is 0 Å². The van der Waals surface area contributed by atoms with E-state index in [1.807, 2.05) is 36.4 Å². The number of esters is 2. The highest BCUT2D eigenvalue weighted by Crippen LogP contribution is 2.47. The summed E-state index contributed by atoms with van der Waals surface area (Å²) < 4.78 is 18.0. The maximum atomic E-state index is 12.8. The molecule has 176 valence electrons. The molecule has 0 N–H and O–H groups in total. The molecule has 1 fully saturated rings. The lowest BCUT2D eigenvalue weighted by atomic mass is 9.81. The molecule has 1 aliphatic carbocycles. The zero-order valence-corrected chi connectivity index (χ0v) is 19.8. The molecule has 0 saturated heterocycles. The van der Waals surface area contributed by atoms with Gasteiger partial charge in [-0.3, -0.25) is 0 Å². The minimum atomic E-state index is -0.380. The fraction of sp³-hybridized carbons (Fsp3) is 0.357. The van der Waals surface area contributed by atoms with E-state index in [0.717, 1.165) is 40.6 Å². The number of ether oxygens (including phenoxy) is 3. The summed E-state index contributed by atoms with van der Waals surface area (Å²) in [6.07, 6.45) is 7.80. The summed E-state index contributed by atoms with van der Waals surface area (Å²) >= 11 is 0. The standard InChI is InChI=1S/C28H29NO5/c1-32-24-11-7-10-20-22(24)14-19(28(31)34-3)16-29-23-15-18(27(30)33-2)12-13-21(23)25(26(20)29)17-8-5-4-6-9-17/h7,10-15,17H,4-6,8-9,16H2,1-3H3. The van der Waals surface area contributed by atoms with Gasteiger partial charge >= 0.3 is 11.9 Å². The molecule has 0 atom stereocenters. The first-order chi connectivity index (χ1) is 16.6. The molecule has 3 aromatic rings. The van der Waals surface area contributed by atoms with Gasteiger partial charge in [-0.2, -0.15) is 0 Å². The van der Waals surface area contributed by atoms with Crippen LogP contribution in [0, 0.1) is 0 Å². The van der Waals surface area contributed by atoms with Crippen LogP contribution in [0.1, 0.15) is 59.5 Å². The van der Waals surface area contributed by atoms with E-state index >= 15 is 0 Å². The van der Waals surface area contributed by atoms with Crippen LogP contribution in [-0.2, 0) is 20.8 Å². The van der Waals surface area contributed by atoms with E-state index in [1.54, 1.807) is 7.11 Å². The lowest BCUT2D eigenvalue weighted by Crippen LogP contribution is -2.12. The summed E-state index contributed by atoms with van der Waals surface area (Å²) in [5.41, 5.74) is 6.22. The largest absolute Gasteiger partial charge is 0.496 e. The molecule has 1 aliphatic heterocycles. The number of aromatic nitrogens is 1. The quantitative estimate of drug-likeness (QED) is 0.467. The van der Waals surface area contributed by atoms with Gasteiger partial charge in [0.15, 0.2) is 0 Å². The van der Waals surface area contributed by atoms with Gasteiger partial charge in [0.05, 0.1) is 44.7 Å². The van der Waals surface area contributed by atoms with Gasteiger partial charge in [0.25, 0.3) is 0 Å². The van der Waals surface area contributed by atoms with E-state index in [0.29, 0.717) is 29.3 Å². The number of hydrogen-bond donors (Lipinski definition) is 0. The molecule has 2 heterocycles. The summed E-state index contributed by atoms with van der Waals surface area (Å²) in [5, 5.41) is 1.12. The van der Waals surface area contributed by atoms with E-state index in [4.69, 9.17) is 14.2 Å². The maximum Gasteiger partial charge on any atom is 0.337 e. The fourth-order valence-corrected chi connectivity index (χ4v) is 5.60. The van der Waals surface area contributed by atoms with Gasteiger partial charge in [-0.1, -0.05) is 37.5 Å². The highest BCUT2D eigenvalue weighted by molar-refractivity contribution is 6.02. The molecule has 0 radical (unpaired) electrons. The minimum Gasteiger partial charge on any atom is -0.496 e. The van der Waals surface area contributed by atoms with E-state index in [2.05, 4.69) is 10.6 Å². The molecule has 5 rings (SSSR count). The van der Waals surface area contributed by atoms with Crippen molar-refractivity contribution in [2.24, 2.45) is 0 Å². The Morgan fingerprint density at radius 3 is 2.41 bits per heavy atom. The number of rotatable bonds is 4. The summed E-state index contributed by atoms with van der Waals surface area (Å²) in [4.78, 5) is 25.2. The molecule has 1 saturated carbocycles. The third kappa shape index (κ3) is 3.58. The molecule has 34 heavy (non-hydrogen) atoms. The van der Waals surface area contributed by atoms with Crippen molar-refractivity contribution in [3.8, 4) is 17.0 Å². The Balaban J connectivity index is 1.87. The average Bonchev–Trinajstić information content (AvgIpc) is 3.09. The SMILES string of the molecule is COC(=O)C1=Cc2c(OC)cccc2-c2c(C3CCCCC3)c3ccc(C(=O)OC)cc3n2C1. The fourth-order valence-electron chi connectivity index (χ4n) is 5.60. The Kier molecular flexibility index (Phi) is 5.90. The molecule has 2 aromatic carbocycles. The summed E-state index contributed by atoms with van der Waals surface area (Å²) in [6.45, 7) is 0.341. The number of benzene rings is 2. The number of hydrogen-bond acceptors (Lipinski definition) is 5. The Bertz CT molecular complexity index is 1310. The number of methoxy groups -OCH3 is 3. The number of carbonyl (C=O) groups excluding carboxylic acids is 2. The van der Waals surface area contributed by atoms with Gasteiger partial charge in [-0.05, 0) is 48.6 Å². The lowest BCUT2D eigenvalue weighted by molar-refractivity contribution is -0.136. The first-order valence-corrected chi connectivity index (χ1v) is 11.8. The van der Waals surface area contributed by atoms with Crippen molar-refractivity contribution < 1.29 is 23.8 Å². The lowest BCUT2D eigenvalue weighted by Gasteiger charge is -2.24. The van der Waals surface area contributed by atoms with Crippen LogP contribution in [0.3, 0.4) is 0 Å². The predicted octanol–water partition coefficient (Wildman–Crippen LogP) is 5.72. The molecular weight excluding hydrogens is 430 g/mol. The molecule has 0 bridgehead atoms. The second kappa shape index (κ2) is 9.01. The monoisotopic (exact) mass is 459 g/mol. The van der Waals surface area contributed by atoms with E-state index in [9.17, 15) is 9.59 Å². The third-order valence-corrected chi connectivity index (χ3v) is 7.17. The van der Waals surface area contributed by atoms with Crippen molar-refractivity contribution in [3.63, 3.8) is 0 Å². The van der Waals surface area contributed by atoms with E-state index in [-0.39, 0.29) is 11.9 Å². The van der Waals surface area contributed by atoms with Crippen molar-refractivity contribution in [1.29, 1.82) is 0 Å². The molecular formula is C28H29NO5. The minimum absolute atomic E-state index is 0.341. The number of fused-ring (bicyclic) bond motifs is 5. The molecule has 0 unspecified atom stereocenters. The highest BCUT2D eigenvalue weighted by Gasteiger charge is 2.31. The van der Waals surface area contributed by atoms with Crippen molar-refractivity contribution in [3.05, 3.63) is 58.7 Å². The molecule has 0 spiro atoms. The van der Waals surface area contributed by atoms with Gasteiger partial charge in [-0.25, -0.2) is 9.59 Å². The van der Waals surface area contributed by atoms with Gasteiger partial charge in [0.1, 0.15) is 5.75 Å².